The maximum absolute atomic E-state index is 12.7. The van der Waals surface area contributed by atoms with E-state index in [4.69, 9.17) is 9.47 Å². The number of hydrogen-bond acceptors (Lipinski definition) is 4. The Balaban J connectivity index is 1.69. The second-order valence-corrected chi connectivity index (χ2v) is 6.85. The van der Waals surface area contributed by atoms with E-state index in [-0.39, 0.29) is 5.91 Å². The average Bonchev–Trinajstić information content (AvgIpc) is 2.73. The van der Waals surface area contributed by atoms with Crippen LogP contribution in [0.4, 0.5) is 0 Å². The molecule has 1 fully saturated rings. The number of amides is 1. The lowest BCUT2D eigenvalue weighted by Crippen LogP contribution is -2.30. The Labute approximate surface area is 161 Å². The molecule has 0 atom stereocenters. The smallest absolute Gasteiger partial charge is 0.255 e. The topological polar surface area (TPSA) is 50.8 Å². The summed E-state index contributed by atoms with van der Waals surface area (Å²) in [6.45, 7) is 3.74. The third kappa shape index (κ3) is 5.01. The third-order valence-electron chi connectivity index (χ3n) is 5.05. The molecule has 1 aliphatic heterocycles. The number of nitrogens with zero attached hydrogens (tertiary/aromatic N) is 1. The van der Waals surface area contributed by atoms with Gasteiger partial charge in [0.05, 0.1) is 19.8 Å². The summed E-state index contributed by atoms with van der Waals surface area (Å²) in [7, 11) is 3.15. The van der Waals surface area contributed by atoms with Gasteiger partial charge in [0.15, 0.2) is 0 Å². The fraction of sp³-hybridized carbons (Fsp3) is 0.409. The van der Waals surface area contributed by atoms with Gasteiger partial charge in [-0.1, -0.05) is 30.7 Å². The van der Waals surface area contributed by atoms with Crippen LogP contribution in [0.25, 0.3) is 0 Å². The highest BCUT2D eigenvalue weighted by Gasteiger charge is 2.15. The van der Waals surface area contributed by atoms with E-state index < -0.39 is 0 Å². The van der Waals surface area contributed by atoms with Crippen molar-refractivity contribution in [2.75, 3.05) is 27.3 Å². The Kier molecular flexibility index (Phi) is 6.71. The SMILES string of the molecule is COc1ccc(OC)c(C(=O)NCc2ccccc2CN2CCCCC2)c1. The van der Waals surface area contributed by atoms with Crippen LogP contribution in [0.1, 0.15) is 40.7 Å². The van der Waals surface area contributed by atoms with Crippen LogP contribution in [0.3, 0.4) is 0 Å². The standard InChI is InChI=1S/C22H28N2O3/c1-26-19-10-11-21(27-2)20(14-19)22(25)23-15-17-8-4-5-9-18(17)16-24-12-6-3-7-13-24/h4-5,8-11,14H,3,6-7,12-13,15-16H2,1-2H3,(H,23,25). The van der Waals surface area contributed by atoms with Crippen molar-refractivity contribution >= 4 is 5.91 Å². The van der Waals surface area contributed by atoms with E-state index in [9.17, 15) is 4.79 Å². The molecule has 0 aromatic heterocycles. The van der Waals surface area contributed by atoms with Crippen LogP contribution in [0, 0.1) is 0 Å². The maximum Gasteiger partial charge on any atom is 0.255 e. The molecule has 27 heavy (non-hydrogen) atoms. The Morgan fingerprint density at radius 3 is 2.44 bits per heavy atom. The van der Waals surface area contributed by atoms with E-state index in [1.165, 1.54) is 24.8 Å². The van der Waals surface area contributed by atoms with Gasteiger partial charge < -0.3 is 14.8 Å². The summed E-state index contributed by atoms with van der Waals surface area (Å²) < 4.78 is 10.5. The molecular formula is C22H28N2O3. The summed E-state index contributed by atoms with van der Waals surface area (Å²) in [6, 6.07) is 13.6. The summed E-state index contributed by atoms with van der Waals surface area (Å²) >= 11 is 0. The molecule has 5 nitrogen and oxygen atoms in total. The van der Waals surface area contributed by atoms with Crippen LogP contribution >= 0.6 is 0 Å². The molecule has 1 heterocycles. The van der Waals surface area contributed by atoms with Gasteiger partial charge in [0.2, 0.25) is 0 Å². The van der Waals surface area contributed by atoms with Crippen LogP contribution in [-0.2, 0) is 13.1 Å². The normalized spacial score (nSPS) is 14.6. The van der Waals surface area contributed by atoms with Gasteiger partial charge in [0.25, 0.3) is 5.91 Å². The van der Waals surface area contributed by atoms with Crippen molar-refractivity contribution in [3.8, 4) is 11.5 Å². The first-order valence-electron chi connectivity index (χ1n) is 9.50. The fourth-order valence-electron chi connectivity index (χ4n) is 3.50. The van der Waals surface area contributed by atoms with Crippen molar-refractivity contribution in [2.24, 2.45) is 0 Å². The van der Waals surface area contributed by atoms with Crippen molar-refractivity contribution in [1.29, 1.82) is 0 Å². The predicted molar refractivity (Wildman–Crippen MR) is 106 cm³/mol. The van der Waals surface area contributed by atoms with Gasteiger partial charge in [-0.3, -0.25) is 9.69 Å². The molecule has 144 valence electrons. The molecule has 0 radical (unpaired) electrons. The number of benzene rings is 2. The maximum atomic E-state index is 12.7. The number of ether oxygens (including phenoxy) is 2. The first kappa shape index (κ1) is 19.2. The lowest BCUT2D eigenvalue weighted by molar-refractivity contribution is 0.0947. The van der Waals surface area contributed by atoms with Crippen LogP contribution < -0.4 is 14.8 Å². The van der Waals surface area contributed by atoms with Crippen molar-refractivity contribution in [3.05, 3.63) is 59.2 Å². The van der Waals surface area contributed by atoms with E-state index in [0.29, 0.717) is 23.6 Å². The van der Waals surface area contributed by atoms with E-state index in [0.717, 1.165) is 25.2 Å². The highest BCUT2D eigenvalue weighted by Crippen LogP contribution is 2.24. The molecule has 1 amide bonds. The lowest BCUT2D eigenvalue weighted by Gasteiger charge is -2.27. The molecule has 1 saturated heterocycles. The van der Waals surface area contributed by atoms with Crippen molar-refractivity contribution in [3.63, 3.8) is 0 Å². The predicted octanol–water partition coefficient (Wildman–Crippen LogP) is 3.62. The summed E-state index contributed by atoms with van der Waals surface area (Å²) in [5, 5.41) is 3.03. The number of nitrogens with one attached hydrogen (secondary N) is 1. The van der Waals surface area contributed by atoms with Gasteiger partial charge in [-0.25, -0.2) is 0 Å². The largest absolute Gasteiger partial charge is 0.497 e. The van der Waals surface area contributed by atoms with Gasteiger partial charge in [-0.15, -0.1) is 0 Å². The molecule has 0 aliphatic carbocycles. The zero-order valence-electron chi connectivity index (χ0n) is 16.2. The van der Waals surface area contributed by atoms with Crippen molar-refractivity contribution in [2.45, 2.75) is 32.4 Å². The zero-order chi connectivity index (χ0) is 19.1. The van der Waals surface area contributed by atoms with Gasteiger partial charge in [-0.05, 0) is 55.3 Å². The number of hydrogen-bond donors (Lipinski definition) is 1. The monoisotopic (exact) mass is 368 g/mol. The van der Waals surface area contributed by atoms with E-state index in [1.807, 2.05) is 6.07 Å². The Morgan fingerprint density at radius 1 is 1.00 bits per heavy atom. The molecule has 0 bridgehead atoms. The molecule has 0 saturated carbocycles. The Morgan fingerprint density at radius 2 is 1.74 bits per heavy atom. The highest BCUT2D eigenvalue weighted by molar-refractivity contribution is 5.97. The number of rotatable bonds is 7. The third-order valence-corrected chi connectivity index (χ3v) is 5.05. The fourth-order valence-corrected chi connectivity index (χ4v) is 3.50. The molecule has 1 N–H and O–H groups in total. The minimum absolute atomic E-state index is 0.168. The minimum atomic E-state index is -0.168. The minimum Gasteiger partial charge on any atom is -0.497 e. The molecule has 0 spiro atoms. The Hall–Kier alpha value is -2.53. The van der Waals surface area contributed by atoms with Gasteiger partial charge in [0.1, 0.15) is 11.5 Å². The first-order chi connectivity index (χ1) is 13.2. The van der Waals surface area contributed by atoms with Crippen LogP contribution in [0.5, 0.6) is 11.5 Å². The molecular weight excluding hydrogens is 340 g/mol. The molecule has 0 unspecified atom stereocenters. The van der Waals surface area contributed by atoms with Crippen molar-refractivity contribution < 1.29 is 14.3 Å². The van der Waals surface area contributed by atoms with Crippen LogP contribution in [-0.4, -0.2) is 38.1 Å². The van der Waals surface area contributed by atoms with Crippen molar-refractivity contribution in [1.82, 2.24) is 10.2 Å². The van der Waals surface area contributed by atoms with Gasteiger partial charge in [-0.2, -0.15) is 0 Å². The van der Waals surface area contributed by atoms with Gasteiger partial charge in [0, 0.05) is 13.1 Å². The summed E-state index contributed by atoms with van der Waals surface area (Å²) in [5.41, 5.74) is 2.90. The van der Waals surface area contributed by atoms with Gasteiger partial charge >= 0.3 is 0 Å². The average molecular weight is 368 g/mol. The molecule has 2 aromatic carbocycles. The Bertz CT molecular complexity index is 770. The van der Waals surface area contributed by atoms with E-state index in [2.05, 4.69) is 28.4 Å². The zero-order valence-corrected chi connectivity index (χ0v) is 16.2. The first-order valence-corrected chi connectivity index (χ1v) is 9.50. The molecule has 5 heteroatoms. The molecule has 2 aromatic rings. The second-order valence-electron chi connectivity index (χ2n) is 6.85. The number of piperidine rings is 1. The highest BCUT2D eigenvalue weighted by atomic mass is 16.5. The lowest BCUT2D eigenvalue weighted by atomic mass is 10.0. The van der Waals surface area contributed by atoms with Crippen LogP contribution in [0.2, 0.25) is 0 Å². The molecule has 1 aliphatic rings. The van der Waals surface area contributed by atoms with Crippen LogP contribution in [0.15, 0.2) is 42.5 Å². The second kappa shape index (κ2) is 9.42. The summed E-state index contributed by atoms with van der Waals surface area (Å²) in [4.78, 5) is 15.2. The molecule has 3 rings (SSSR count). The number of likely N-dealkylation sites (tertiary alicyclic amines) is 1. The number of carbonyl (C=O) groups is 1. The summed E-state index contributed by atoms with van der Waals surface area (Å²) in [6.07, 6.45) is 3.87. The number of methoxy groups -OCH3 is 2. The number of carbonyl (C=O) groups excluding carboxylic acids is 1. The quantitative estimate of drug-likeness (QED) is 0.811. The van der Waals surface area contributed by atoms with E-state index in [1.54, 1.807) is 32.4 Å². The van der Waals surface area contributed by atoms with E-state index >= 15 is 0 Å². The summed E-state index contributed by atoms with van der Waals surface area (Å²) in [5.74, 6) is 1.000.